The lowest BCUT2D eigenvalue weighted by Gasteiger charge is -2.08. The van der Waals surface area contributed by atoms with Gasteiger partial charge in [0.15, 0.2) is 11.6 Å². The van der Waals surface area contributed by atoms with Gasteiger partial charge in [-0.05, 0) is 24.6 Å². The van der Waals surface area contributed by atoms with Crippen molar-refractivity contribution in [2.45, 2.75) is 6.92 Å². The normalized spacial score (nSPS) is 10.8. The van der Waals surface area contributed by atoms with E-state index in [1.807, 2.05) is 6.92 Å². The van der Waals surface area contributed by atoms with Crippen molar-refractivity contribution in [1.82, 2.24) is 14.4 Å². The van der Waals surface area contributed by atoms with E-state index in [-0.39, 0.29) is 17.4 Å². The van der Waals surface area contributed by atoms with E-state index in [9.17, 15) is 4.39 Å². The Morgan fingerprint density at radius 1 is 1.37 bits per heavy atom. The van der Waals surface area contributed by atoms with Crippen LogP contribution in [0.15, 0.2) is 36.8 Å². The third-order valence-corrected chi connectivity index (χ3v) is 2.66. The van der Waals surface area contributed by atoms with Crippen LogP contribution in [-0.4, -0.2) is 14.4 Å². The van der Waals surface area contributed by atoms with Gasteiger partial charge < -0.3 is 10.5 Å². The highest BCUT2D eigenvalue weighted by Crippen LogP contribution is 2.27. The van der Waals surface area contributed by atoms with Crippen LogP contribution >= 0.6 is 0 Å². The summed E-state index contributed by atoms with van der Waals surface area (Å²) >= 11 is 0. The van der Waals surface area contributed by atoms with Crippen LogP contribution < -0.4 is 10.5 Å². The Hall–Kier alpha value is -2.63. The molecule has 6 heteroatoms. The fourth-order valence-electron chi connectivity index (χ4n) is 1.78. The van der Waals surface area contributed by atoms with Crippen LogP contribution in [0.1, 0.15) is 5.56 Å². The van der Waals surface area contributed by atoms with Crippen molar-refractivity contribution in [1.29, 1.82) is 0 Å². The Labute approximate surface area is 108 Å². The van der Waals surface area contributed by atoms with Gasteiger partial charge in [0.1, 0.15) is 5.82 Å². The lowest BCUT2D eigenvalue weighted by atomic mass is 10.2. The van der Waals surface area contributed by atoms with E-state index >= 15 is 0 Å². The van der Waals surface area contributed by atoms with Gasteiger partial charge in [-0.2, -0.15) is 4.98 Å². The Bertz CT molecular complexity index is 753. The number of hydrogen-bond donors (Lipinski definition) is 1. The molecule has 0 aliphatic rings. The van der Waals surface area contributed by atoms with Crippen LogP contribution in [-0.2, 0) is 0 Å². The number of halogens is 1. The fraction of sp³-hybridized carbons (Fsp3) is 0.0769. The summed E-state index contributed by atoms with van der Waals surface area (Å²) in [5, 5.41) is 0. The van der Waals surface area contributed by atoms with Crippen molar-refractivity contribution in [3.63, 3.8) is 0 Å². The number of aryl methyl sites for hydroxylation is 1. The number of nitrogens with two attached hydrogens (primary N) is 1. The van der Waals surface area contributed by atoms with Gasteiger partial charge in [-0.25, -0.2) is 9.37 Å². The molecule has 2 heterocycles. The third kappa shape index (κ3) is 2.08. The average molecular weight is 258 g/mol. The molecule has 2 N–H and O–H groups in total. The number of ether oxygens (including phenoxy) is 1. The molecule has 0 saturated heterocycles. The number of aromatic nitrogens is 3. The zero-order chi connectivity index (χ0) is 13.4. The minimum atomic E-state index is -0.459. The van der Waals surface area contributed by atoms with E-state index < -0.39 is 5.82 Å². The molecule has 2 aromatic heterocycles. The van der Waals surface area contributed by atoms with Gasteiger partial charge in [-0.15, -0.1) is 0 Å². The predicted molar refractivity (Wildman–Crippen MR) is 68.6 cm³/mol. The number of anilines is 1. The second-order valence-electron chi connectivity index (χ2n) is 4.16. The topological polar surface area (TPSA) is 65.4 Å². The van der Waals surface area contributed by atoms with Crippen molar-refractivity contribution < 1.29 is 9.13 Å². The van der Waals surface area contributed by atoms with Gasteiger partial charge in [0.25, 0.3) is 5.88 Å². The molecule has 0 spiro atoms. The highest BCUT2D eigenvalue weighted by molar-refractivity contribution is 5.54. The fourth-order valence-corrected chi connectivity index (χ4v) is 1.78. The van der Waals surface area contributed by atoms with Crippen LogP contribution in [0.2, 0.25) is 0 Å². The molecule has 0 atom stereocenters. The molecule has 0 bridgehead atoms. The highest BCUT2D eigenvalue weighted by Gasteiger charge is 2.11. The van der Waals surface area contributed by atoms with Crippen molar-refractivity contribution in [2.24, 2.45) is 0 Å². The van der Waals surface area contributed by atoms with Crippen LogP contribution in [0.3, 0.4) is 0 Å². The molecule has 0 aliphatic heterocycles. The number of benzene rings is 1. The third-order valence-electron chi connectivity index (χ3n) is 2.66. The Morgan fingerprint density at radius 2 is 2.21 bits per heavy atom. The molecule has 5 nitrogen and oxygen atoms in total. The lowest BCUT2D eigenvalue weighted by Crippen LogP contribution is -2.00. The van der Waals surface area contributed by atoms with Gasteiger partial charge in [0.2, 0.25) is 5.65 Å². The maximum atomic E-state index is 13.7. The maximum Gasteiger partial charge on any atom is 0.265 e. The van der Waals surface area contributed by atoms with Crippen molar-refractivity contribution in [2.75, 3.05) is 5.73 Å². The first-order valence-corrected chi connectivity index (χ1v) is 5.66. The molecule has 0 unspecified atom stereocenters. The molecule has 19 heavy (non-hydrogen) atoms. The molecule has 0 amide bonds. The predicted octanol–water partition coefficient (Wildman–Crippen LogP) is 2.55. The average Bonchev–Trinajstić information content (AvgIpc) is 2.82. The summed E-state index contributed by atoms with van der Waals surface area (Å²) in [5.41, 5.74) is 7.04. The van der Waals surface area contributed by atoms with Gasteiger partial charge in [0, 0.05) is 12.4 Å². The minimum Gasteiger partial charge on any atom is -0.433 e. The van der Waals surface area contributed by atoms with E-state index in [0.29, 0.717) is 5.65 Å². The molecule has 0 saturated carbocycles. The molecule has 0 radical (unpaired) electrons. The van der Waals surface area contributed by atoms with E-state index in [1.54, 1.807) is 35.1 Å². The zero-order valence-corrected chi connectivity index (χ0v) is 10.2. The summed E-state index contributed by atoms with van der Waals surface area (Å²) in [4.78, 5) is 8.15. The van der Waals surface area contributed by atoms with E-state index in [4.69, 9.17) is 10.5 Å². The summed E-state index contributed by atoms with van der Waals surface area (Å²) in [6.07, 6.45) is 4.92. The van der Waals surface area contributed by atoms with Crippen LogP contribution in [0, 0.1) is 12.7 Å². The number of rotatable bonds is 2. The summed E-state index contributed by atoms with van der Waals surface area (Å²) < 4.78 is 20.8. The largest absolute Gasteiger partial charge is 0.433 e. The standard InChI is InChI=1S/C13H11FN4O/c1-8-2-3-9(14)10(6-8)19-13-12-16-4-5-18(12)7-11(15)17-13/h2-7H,15H2,1H3. The van der Waals surface area contributed by atoms with Gasteiger partial charge >= 0.3 is 0 Å². The minimum absolute atomic E-state index is 0.100. The summed E-state index contributed by atoms with van der Waals surface area (Å²) in [6.45, 7) is 1.85. The van der Waals surface area contributed by atoms with E-state index in [0.717, 1.165) is 5.56 Å². The molecule has 1 aromatic carbocycles. The van der Waals surface area contributed by atoms with Crippen LogP contribution in [0.25, 0.3) is 5.65 Å². The maximum absolute atomic E-state index is 13.7. The Balaban J connectivity index is 2.10. The Morgan fingerprint density at radius 3 is 3.05 bits per heavy atom. The SMILES string of the molecule is Cc1ccc(F)c(Oc2nc(N)cn3ccnc23)c1. The molecule has 0 fully saturated rings. The molecule has 3 rings (SSSR count). The second kappa shape index (κ2) is 4.24. The molecular weight excluding hydrogens is 247 g/mol. The monoisotopic (exact) mass is 258 g/mol. The second-order valence-corrected chi connectivity index (χ2v) is 4.16. The summed E-state index contributed by atoms with van der Waals surface area (Å²) in [6, 6.07) is 4.61. The van der Waals surface area contributed by atoms with Gasteiger partial charge in [-0.1, -0.05) is 6.07 Å². The van der Waals surface area contributed by atoms with Crippen molar-refractivity contribution in [3.8, 4) is 11.6 Å². The quantitative estimate of drug-likeness (QED) is 0.767. The van der Waals surface area contributed by atoms with Crippen LogP contribution in [0.4, 0.5) is 10.2 Å². The van der Waals surface area contributed by atoms with Crippen molar-refractivity contribution >= 4 is 11.5 Å². The highest BCUT2D eigenvalue weighted by atomic mass is 19.1. The van der Waals surface area contributed by atoms with Gasteiger partial charge in [-0.3, -0.25) is 4.40 Å². The zero-order valence-electron chi connectivity index (χ0n) is 10.2. The van der Waals surface area contributed by atoms with E-state index in [1.165, 1.54) is 6.07 Å². The Kier molecular flexibility index (Phi) is 2.56. The first-order chi connectivity index (χ1) is 9.13. The summed E-state index contributed by atoms with van der Waals surface area (Å²) in [5.74, 6) is 0.0885. The number of nitrogens with zero attached hydrogens (tertiary/aromatic N) is 3. The molecule has 0 aliphatic carbocycles. The number of hydrogen-bond acceptors (Lipinski definition) is 4. The lowest BCUT2D eigenvalue weighted by molar-refractivity contribution is 0.429. The molecular formula is C13H11FN4O. The smallest absolute Gasteiger partial charge is 0.265 e. The number of imidazole rings is 1. The number of nitrogen functional groups attached to an aromatic ring is 1. The summed E-state index contributed by atoms with van der Waals surface area (Å²) in [7, 11) is 0. The van der Waals surface area contributed by atoms with Crippen molar-refractivity contribution in [3.05, 3.63) is 48.2 Å². The first-order valence-electron chi connectivity index (χ1n) is 5.66. The first kappa shape index (κ1) is 11.5. The molecule has 3 aromatic rings. The van der Waals surface area contributed by atoms with Gasteiger partial charge in [0.05, 0.1) is 6.20 Å². The molecule has 96 valence electrons. The van der Waals surface area contributed by atoms with E-state index in [2.05, 4.69) is 9.97 Å². The number of fused-ring (bicyclic) bond motifs is 1. The van der Waals surface area contributed by atoms with Crippen LogP contribution in [0.5, 0.6) is 11.6 Å².